The maximum absolute atomic E-state index is 9.56. The zero-order valence-electron chi connectivity index (χ0n) is 7.50. The van der Waals surface area contributed by atoms with Gasteiger partial charge in [-0.05, 0) is 18.4 Å². The van der Waals surface area contributed by atoms with Gasteiger partial charge in [0.15, 0.2) is 11.5 Å². The van der Waals surface area contributed by atoms with E-state index in [1.807, 2.05) is 6.07 Å². The predicted molar refractivity (Wildman–Crippen MR) is 56.6 cm³/mol. The molecule has 0 saturated heterocycles. The minimum atomic E-state index is -0.0445. The summed E-state index contributed by atoms with van der Waals surface area (Å²) in [4.78, 5) is 0. The van der Waals surface area contributed by atoms with E-state index in [1.165, 1.54) is 6.07 Å². The smallest absolute Gasteiger partial charge is 0.160 e. The number of benzene rings is 1. The van der Waals surface area contributed by atoms with Gasteiger partial charge in [-0.2, -0.15) is 0 Å². The molecule has 0 spiro atoms. The SMILES string of the molecule is CCC(CBr)c1cccc(O)c1O. The number of phenols is 2. The molecule has 2 nitrogen and oxygen atoms in total. The molecule has 1 aromatic carbocycles. The predicted octanol–water partition coefficient (Wildman–Crippen LogP) is 2.99. The molecule has 0 heterocycles. The largest absolute Gasteiger partial charge is 0.504 e. The normalized spacial score (nSPS) is 12.8. The Bertz CT molecular complexity index is 282. The summed E-state index contributed by atoms with van der Waals surface area (Å²) in [6.45, 7) is 2.05. The van der Waals surface area contributed by atoms with E-state index >= 15 is 0 Å². The van der Waals surface area contributed by atoms with Crippen molar-refractivity contribution >= 4 is 15.9 Å². The summed E-state index contributed by atoms with van der Waals surface area (Å²) in [6.07, 6.45) is 0.933. The van der Waals surface area contributed by atoms with Crippen LogP contribution in [0.1, 0.15) is 24.8 Å². The van der Waals surface area contributed by atoms with Crippen LogP contribution in [-0.2, 0) is 0 Å². The molecular formula is C10H13BrO2. The zero-order chi connectivity index (χ0) is 9.84. The van der Waals surface area contributed by atoms with Crippen LogP contribution in [0.15, 0.2) is 18.2 Å². The van der Waals surface area contributed by atoms with E-state index in [0.29, 0.717) is 0 Å². The van der Waals surface area contributed by atoms with Crippen LogP contribution in [0.4, 0.5) is 0 Å². The van der Waals surface area contributed by atoms with Gasteiger partial charge in [0.2, 0.25) is 0 Å². The minimum Gasteiger partial charge on any atom is -0.504 e. The summed E-state index contributed by atoms with van der Waals surface area (Å²) in [6, 6.07) is 5.07. The van der Waals surface area contributed by atoms with Crippen LogP contribution in [-0.4, -0.2) is 15.5 Å². The van der Waals surface area contributed by atoms with Crippen molar-refractivity contribution in [3.05, 3.63) is 23.8 Å². The molecule has 1 atom stereocenters. The van der Waals surface area contributed by atoms with Gasteiger partial charge in [-0.3, -0.25) is 0 Å². The van der Waals surface area contributed by atoms with Crippen LogP contribution >= 0.6 is 15.9 Å². The maximum Gasteiger partial charge on any atom is 0.160 e. The second kappa shape index (κ2) is 4.51. The van der Waals surface area contributed by atoms with Gasteiger partial charge in [0.05, 0.1) is 0 Å². The summed E-state index contributed by atoms with van der Waals surface area (Å²) < 4.78 is 0. The molecule has 72 valence electrons. The van der Waals surface area contributed by atoms with Crippen molar-refractivity contribution < 1.29 is 10.2 Å². The average molecular weight is 245 g/mol. The zero-order valence-corrected chi connectivity index (χ0v) is 9.08. The van der Waals surface area contributed by atoms with Gasteiger partial charge in [-0.25, -0.2) is 0 Å². The van der Waals surface area contributed by atoms with Crippen LogP contribution in [0, 0.1) is 0 Å². The Morgan fingerprint density at radius 1 is 1.38 bits per heavy atom. The molecule has 1 rings (SSSR count). The molecule has 0 fully saturated rings. The fourth-order valence-electron chi connectivity index (χ4n) is 1.29. The first-order chi connectivity index (χ1) is 6.20. The highest BCUT2D eigenvalue weighted by atomic mass is 79.9. The lowest BCUT2D eigenvalue weighted by Crippen LogP contribution is -1.98. The second-order valence-electron chi connectivity index (χ2n) is 2.97. The van der Waals surface area contributed by atoms with E-state index in [0.717, 1.165) is 17.3 Å². The topological polar surface area (TPSA) is 40.5 Å². The van der Waals surface area contributed by atoms with Gasteiger partial charge in [0.25, 0.3) is 0 Å². The van der Waals surface area contributed by atoms with Gasteiger partial charge in [0.1, 0.15) is 0 Å². The number of hydrogen-bond acceptors (Lipinski definition) is 2. The number of rotatable bonds is 3. The molecule has 0 saturated carbocycles. The summed E-state index contributed by atoms with van der Waals surface area (Å²) >= 11 is 3.38. The highest BCUT2D eigenvalue weighted by Crippen LogP contribution is 2.35. The Morgan fingerprint density at radius 2 is 2.08 bits per heavy atom. The highest BCUT2D eigenvalue weighted by Gasteiger charge is 2.14. The maximum atomic E-state index is 9.56. The molecule has 0 aliphatic rings. The molecule has 0 amide bonds. The molecule has 2 N–H and O–H groups in total. The first-order valence-corrected chi connectivity index (χ1v) is 5.39. The Hall–Kier alpha value is -0.700. The summed E-state index contributed by atoms with van der Waals surface area (Å²) in [5, 5.41) is 19.6. The molecule has 0 radical (unpaired) electrons. The Kier molecular flexibility index (Phi) is 3.60. The molecule has 0 aromatic heterocycles. The second-order valence-corrected chi connectivity index (χ2v) is 3.62. The van der Waals surface area contributed by atoms with Crippen molar-refractivity contribution in [3.8, 4) is 11.5 Å². The number of aromatic hydroxyl groups is 2. The third kappa shape index (κ3) is 2.15. The molecule has 1 aromatic rings. The van der Waals surface area contributed by atoms with Gasteiger partial charge in [-0.15, -0.1) is 0 Å². The first kappa shape index (κ1) is 10.4. The standard InChI is InChI=1S/C10H13BrO2/c1-2-7(6-11)8-4-3-5-9(12)10(8)13/h3-5,7,12-13H,2,6H2,1H3. The van der Waals surface area contributed by atoms with Gasteiger partial charge >= 0.3 is 0 Å². The molecule has 0 aliphatic carbocycles. The quantitative estimate of drug-likeness (QED) is 0.634. The first-order valence-electron chi connectivity index (χ1n) is 4.27. The number of phenolic OH excluding ortho intramolecular Hbond substituents is 2. The van der Waals surface area contributed by atoms with Gasteiger partial charge < -0.3 is 10.2 Å². The lowest BCUT2D eigenvalue weighted by Gasteiger charge is -2.13. The van der Waals surface area contributed by atoms with Crippen LogP contribution in [0.5, 0.6) is 11.5 Å². The van der Waals surface area contributed by atoms with Crippen LogP contribution in [0.3, 0.4) is 0 Å². The minimum absolute atomic E-state index is 0.00815. The molecule has 0 aliphatic heterocycles. The number of para-hydroxylation sites is 1. The van der Waals surface area contributed by atoms with Crippen molar-refractivity contribution in [3.63, 3.8) is 0 Å². The Labute approximate surface area is 86.3 Å². The fourth-order valence-corrected chi connectivity index (χ4v) is 2.10. The molecule has 1 unspecified atom stereocenters. The molecule has 13 heavy (non-hydrogen) atoms. The van der Waals surface area contributed by atoms with Crippen LogP contribution in [0.25, 0.3) is 0 Å². The summed E-state index contributed by atoms with van der Waals surface area (Å²) in [5.74, 6) is 0.220. The average Bonchev–Trinajstić information content (AvgIpc) is 2.14. The van der Waals surface area contributed by atoms with E-state index in [2.05, 4.69) is 22.9 Å². The van der Waals surface area contributed by atoms with Crippen molar-refractivity contribution in [1.29, 1.82) is 0 Å². The molecule has 3 heteroatoms. The van der Waals surface area contributed by atoms with E-state index in [4.69, 9.17) is 0 Å². The summed E-state index contributed by atoms with van der Waals surface area (Å²) in [5.41, 5.74) is 0.805. The highest BCUT2D eigenvalue weighted by molar-refractivity contribution is 9.09. The number of halogens is 1. The van der Waals surface area contributed by atoms with E-state index in [9.17, 15) is 10.2 Å². The monoisotopic (exact) mass is 244 g/mol. The van der Waals surface area contributed by atoms with Gasteiger partial charge in [0, 0.05) is 10.9 Å². The molecule has 0 bridgehead atoms. The van der Waals surface area contributed by atoms with E-state index in [1.54, 1.807) is 6.07 Å². The van der Waals surface area contributed by atoms with E-state index in [-0.39, 0.29) is 17.4 Å². The van der Waals surface area contributed by atoms with E-state index < -0.39 is 0 Å². The van der Waals surface area contributed by atoms with Crippen molar-refractivity contribution in [2.45, 2.75) is 19.3 Å². The Morgan fingerprint density at radius 3 is 2.62 bits per heavy atom. The lowest BCUT2D eigenvalue weighted by atomic mass is 9.97. The van der Waals surface area contributed by atoms with Crippen molar-refractivity contribution in [2.75, 3.05) is 5.33 Å². The van der Waals surface area contributed by atoms with Crippen LogP contribution in [0.2, 0.25) is 0 Å². The van der Waals surface area contributed by atoms with Gasteiger partial charge in [-0.1, -0.05) is 35.0 Å². The lowest BCUT2D eigenvalue weighted by molar-refractivity contribution is 0.396. The third-order valence-corrected chi connectivity index (χ3v) is 2.95. The number of alkyl halides is 1. The number of hydrogen-bond donors (Lipinski definition) is 2. The molecular weight excluding hydrogens is 232 g/mol. The third-order valence-electron chi connectivity index (χ3n) is 2.16. The summed E-state index contributed by atoms with van der Waals surface area (Å²) in [7, 11) is 0. The fraction of sp³-hybridized carbons (Fsp3) is 0.400. The van der Waals surface area contributed by atoms with Crippen LogP contribution < -0.4 is 0 Å². The van der Waals surface area contributed by atoms with Crippen molar-refractivity contribution in [2.24, 2.45) is 0 Å². The van der Waals surface area contributed by atoms with Crippen molar-refractivity contribution in [1.82, 2.24) is 0 Å². The Balaban J connectivity index is 3.05.